The molecule has 1 fully saturated rings. The van der Waals surface area contributed by atoms with E-state index in [1.54, 1.807) is 30.6 Å². The molecule has 0 bridgehead atoms. The highest BCUT2D eigenvalue weighted by molar-refractivity contribution is 5.72. The number of carbonyl (C=O) groups is 1. The van der Waals surface area contributed by atoms with Crippen molar-refractivity contribution in [3.8, 4) is 28.3 Å². The Morgan fingerprint density at radius 3 is 2.26 bits per heavy atom. The van der Waals surface area contributed by atoms with E-state index < -0.39 is 0 Å². The number of nitrogens with zero attached hydrogens (tertiary/aromatic N) is 6. The number of phenolic OH excluding ortho intramolecular Hbond substituents is 1. The van der Waals surface area contributed by atoms with Gasteiger partial charge in [-0.3, -0.25) is 4.79 Å². The van der Waals surface area contributed by atoms with E-state index in [0.29, 0.717) is 23.2 Å². The van der Waals surface area contributed by atoms with Gasteiger partial charge in [0.2, 0.25) is 5.95 Å². The molecule has 0 aliphatic carbocycles. The zero-order valence-corrected chi connectivity index (χ0v) is 20.1. The highest BCUT2D eigenvalue weighted by Gasteiger charge is 2.39. The van der Waals surface area contributed by atoms with Gasteiger partial charge in [0, 0.05) is 41.5 Å². The fourth-order valence-electron chi connectivity index (χ4n) is 4.63. The maximum absolute atomic E-state index is 10.5. The van der Waals surface area contributed by atoms with E-state index in [-0.39, 0.29) is 23.3 Å². The average molecular weight is 466 g/mol. The second-order valence-electron chi connectivity index (χ2n) is 9.64. The third-order valence-electron chi connectivity index (χ3n) is 5.73. The monoisotopic (exact) mass is 465 g/mol. The molecule has 34 heavy (non-hydrogen) atoms. The van der Waals surface area contributed by atoms with Crippen molar-refractivity contribution in [2.45, 2.75) is 57.7 Å². The quantitative estimate of drug-likeness (QED) is 0.493. The van der Waals surface area contributed by atoms with Gasteiger partial charge in [-0.1, -0.05) is 6.07 Å². The molecular formula is C24H31N7O3. The van der Waals surface area contributed by atoms with E-state index in [4.69, 9.17) is 9.90 Å². The molecule has 10 heteroatoms. The van der Waals surface area contributed by atoms with Crippen LogP contribution in [0, 0.1) is 0 Å². The average Bonchev–Trinajstić information content (AvgIpc) is 2.78. The number of rotatable bonds is 4. The second-order valence-corrected chi connectivity index (χ2v) is 9.64. The molecule has 0 radical (unpaired) electrons. The van der Waals surface area contributed by atoms with Crippen molar-refractivity contribution in [3.05, 3.63) is 43.0 Å². The summed E-state index contributed by atoms with van der Waals surface area (Å²) in [6, 6.07) is 7.46. The summed E-state index contributed by atoms with van der Waals surface area (Å²) in [5, 5.41) is 29.8. The Bertz CT molecular complexity index is 1090. The third-order valence-corrected chi connectivity index (χ3v) is 5.73. The van der Waals surface area contributed by atoms with Gasteiger partial charge in [0.05, 0.1) is 11.9 Å². The molecule has 0 spiro atoms. The lowest BCUT2D eigenvalue weighted by atomic mass is 9.79. The summed E-state index contributed by atoms with van der Waals surface area (Å²) in [7, 11) is 2.02. The van der Waals surface area contributed by atoms with Gasteiger partial charge in [-0.15, -0.1) is 10.2 Å². The Morgan fingerprint density at radius 1 is 1.06 bits per heavy atom. The molecule has 0 amide bonds. The van der Waals surface area contributed by atoms with Crippen LogP contribution in [0.4, 0.5) is 5.95 Å². The molecule has 1 aliphatic heterocycles. The van der Waals surface area contributed by atoms with Crippen molar-refractivity contribution in [2.75, 3.05) is 11.9 Å². The van der Waals surface area contributed by atoms with E-state index in [1.165, 1.54) is 6.33 Å². The summed E-state index contributed by atoms with van der Waals surface area (Å²) >= 11 is 0. The van der Waals surface area contributed by atoms with Gasteiger partial charge in [-0.25, -0.2) is 15.0 Å². The van der Waals surface area contributed by atoms with Crippen LogP contribution >= 0.6 is 0 Å². The number of phenols is 1. The van der Waals surface area contributed by atoms with E-state index >= 15 is 0 Å². The minimum Gasteiger partial charge on any atom is -0.507 e. The summed E-state index contributed by atoms with van der Waals surface area (Å²) < 4.78 is 0. The van der Waals surface area contributed by atoms with Crippen molar-refractivity contribution in [2.24, 2.45) is 0 Å². The molecular weight excluding hydrogens is 434 g/mol. The highest BCUT2D eigenvalue weighted by Crippen LogP contribution is 2.33. The first kappa shape index (κ1) is 25.0. The maximum Gasteiger partial charge on any atom is 0.290 e. The number of nitrogens with one attached hydrogen (secondary N) is 1. The van der Waals surface area contributed by atoms with Gasteiger partial charge >= 0.3 is 0 Å². The Morgan fingerprint density at radius 2 is 1.74 bits per heavy atom. The van der Waals surface area contributed by atoms with Crippen LogP contribution in [0.1, 0.15) is 40.5 Å². The van der Waals surface area contributed by atoms with Crippen molar-refractivity contribution in [3.63, 3.8) is 0 Å². The summed E-state index contributed by atoms with van der Waals surface area (Å²) in [6.07, 6.45) is 6.79. The largest absolute Gasteiger partial charge is 0.507 e. The minimum atomic E-state index is -0.250. The Balaban J connectivity index is 0.00000103. The number of piperidine rings is 1. The molecule has 2 aromatic heterocycles. The number of anilines is 1. The molecule has 0 atom stereocenters. The van der Waals surface area contributed by atoms with Gasteiger partial charge in [0.1, 0.15) is 17.8 Å². The zero-order valence-electron chi connectivity index (χ0n) is 20.1. The number of carboxylic acid groups (broad SMARTS) is 1. The molecule has 3 aromatic rings. The highest BCUT2D eigenvalue weighted by atomic mass is 16.3. The van der Waals surface area contributed by atoms with Crippen LogP contribution in [-0.4, -0.2) is 66.0 Å². The van der Waals surface area contributed by atoms with Gasteiger partial charge < -0.3 is 20.4 Å². The van der Waals surface area contributed by atoms with E-state index in [0.717, 1.165) is 24.1 Å². The first-order chi connectivity index (χ1) is 16.0. The Kier molecular flexibility index (Phi) is 7.41. The van der Waals surface area contributed by atoms with E-state index in [2.05, 4.69) is 63.1 Å². The number of aromatic nitrogens is 5. The number of hydrogen-bond donors (Lipinski definition) is 3. The van der Waals surface area contributed by atoms with Crippen molar-refractivity contribution >= 4 is 12.4 Å². The lowest BCUT2D eigenvalue weighted by Crippen LogP contribution is -2.62. The molecule has 1 aromatic carbocycles. The summed E-state index contributed by atoms with van der Waals surface area (Å²) in [5.41, 5.74) is 2.71. The topological polar surface area (TPSA) is 137 Å². The van der Waals surface area contributed by atoms with Crippen LogP contribution in [-0.2, 0) is 4.79 Å². The fraction of sp³-hybridized carbons (Fsp3) is 0.417. The molecule has 180 valence electrons. The smallest absolute Gasteiger partial charge is 0.290 e. The van der Waals surface area contributed by atoms with Crippen LogP contribution < -0.4 is 10.2 Å². The number of aromatic hydroxyl groups is 1. The predicted molar refractivity (Wildman–Crippen MR) is 129 cm³/mol. The SMILES string of the molecule is CN(c1ncc(-c2ccc(-c3ccncn3)cc2O)nn1)C1CC(C)(C)NC(C)(C)C1.O=CO. The first-order valence-corrected chi connectivity index (χ1v) is 10.9. The fourth-order valence-corrected chi connectivity index (χ4v) is 4.63. The van der Waals surface area contributed by atoms with Gasteiger partial charge in [-0.2, -0.15) is 0 Å². The van der Waals surface area contributed by atoms with Gasteiger partial charge in [0.15, 0.2) is 0 Å². The number of benzene rings is 1. The lowest BCUT2D eigenvalue weighted by molar-refractivity contribution is -0.122. The Hall–Kier alpha value is -3.66. The summed E-state index contributed by atoms with van der Waals surface area (Å²) in [6.45, 7) is 8.66. The predicted octanol–water partition coefficient (Wildman–Crippen LogP) is 3.15. The Labute approximate surface area is 199 Å². The van der Waals surface area contributed by atoms with Crippen molar-refractivity contribution in [1.82, 2.24) is 30.5 Å². The van der Waals surface area contributed by atoms with Crippen LogP contribution in [0.15, 0.2) is 43.0 Å². The normalized spacial score (nSPS) is 16.7. The maximum atomic E-state index is 10.5. The molecule has 0 saturated carbocycles. The van der Waals surface area contributed by atoms with Crippen LogP contribution in [0.25, 0.3) is 22.5 Å². The first-order valence-electron chi connectivity index (χ1n) is 10.9. The molecule has 0 unspecified atom stereocenters. The van der Waals surface area contributed by atoms with Crippen molar-refractivity contribution < 1.29 is 15.0 Å². The summed E-state index contributed by atoms with van der Waals surface area (Å²) in [5.74, 6) is 0.689. The van der Waals surface area contributed by atoms with Crippen LogP contribution in [0.2, 0.25) is 0 Å². The molecule has 3 N–H and O–H groups in total. The molecule has 1 aliphatic rings. The zero-order chi connectivity index (χ0) is 24.9. The van der Waals surface area contributed by atoms with Crippen LogP contribution in [0.3, 0.4) is 0 Å². The second kappa shape index (κ2) is 10.1. The van der Waals surface area contributed by atoms with Crippen LogP contribution in [0.5, 0.6) is 5.75 Å². The number of hydrogen-bond acceptors (Lipinski definition) is 9. The molecule has 1 saturated heterocycles. The lowest BCUT2D eigenvalue weighted by Gasteiger charge is -2.48. The van der Waals surface area contributed by atoms with E-state index in [9.17, 15) is 5.11 Å². The minimum absolute atomic E-state index is 0.0330. The molecule has 10 nitrogen and oxygen atoms in total. The molecule has 3 heterocycles. The summed E-state index contributed by atoms with van der Waals surface area (Å²) in [4.78, 5) is 23.2. The molecule has 4 rings (SSSR count). The van der Waals surface area contributed by atoms with Crippen molar-refractivity contribution in [1.29, 1.82) is 0 Å². The standard InChI is InChI=1S/C23H29N7O.CH2O2/c1-22(2)11-16(12-23(3,4)29-22)30(5)21-25-13-19(27-28-21)17-7-6-15(10-20(17)31)18-8-9-24-14-26-18;2-1-3/h6-10,13-14,16,29,31H,11-12H2,1-5H3;1H,(H,2,3). The van der Waals surface area contributed by atoms with Gasteiger partial charge in [0.25, 0.3) is 6.47 Å². The van der Waals surface area contributed by atoms with Gasteiger partial charge in [-0.05, 0) is 58.7 Å². The third kappa shape index (κ3) is 6.02. The van der Waals surface area contributed by atoms with E-state index in [1.807, 2.05) is 13.1 Å².